The zero-order chi connectivity index (χ0) is 17.2. The molecule has 0 saturated carbocycles. The Morgan fingerprint density at radius 3 is 2.46 bits per heavy atom. The van der Waals surface area contributed by atoms with E-state index in [1.165, 1.54) is 0 Å². The van der Waals surface area contributed by atoms with Crippen LogP contribution in [-0.4, -0.2) is 38.1 Å². The first kappa shape index (κ1) is 18.0. The Morgan fingerprint density at radius 1 is 1.00 bits per heavy atom. The number of hydrogen-bond donors (Lipinski definition) is 0. The Balaban J connectivity index is 1.83. The van der Waals surface area contributed by atoms with Crippen molar-refractivity contribution in [3.8, 4) is 5.75 Å². The van der Waals surface area contributed by atoms with Crippen LogP contribution in [0.5, 0.6) is 5.75 Å². The number of carbonyl (C=O) groups is 1. The number of benzene rings is 2. The molecule has 0 atom stereocenters. The molecule has 2 aromatic carbocycles. The fourth-order valence-electron chi connectivity index (χ4n) is 2.30. The normalized spacial score (nSPS) is 10.6. The van der Waals surface area contributed by atoms with Crippen LogP contribution in [0, 0.1) is 0 Å². The maximum absolute atomic E-state index is 12.1. The predicted octanol–water partition coefficient (Wildman–Crippen LogP) is 3.30. The quantitative estimate of drug-likeness (QED) is 0.523. The van der Waals surface area contributed by atoms with Gasteiger partial charge in [0.25, 0.3) is 0 Å². The van der Waals surface area contributed by atoms with Crippen LogP contribution >= 0.6 is 0 Å². The minimum absolute atomic E-state index is 0.219. The highest BCUT2D eigenvalue weighted by molar-refractivity contribution is 5.73. The number of ether oxygens (including phenoxy) is 2. The highest BCUT2D eigenvalue weighted by Gasteiger charge is 2.10. The third-order valence-corrected chi connectivity index (χ3v) is 3.56. The monoisotopic (exact) mass is 327 g/mol. The molecule has 0 aliphatic carbocycles. The molecule has 4 heteroatoms. The number of para-hydroxylation sites is 1. The van der Waals surface area contributed by atoms with Gasteiger partial charge in [0.05, 0.1) is 13.0 Å². The molecule has 0 aliphatic rings. The fraction of sp³-hybridized carbons (Fsp3) is 0.350. The fourth-order valence-corrected chi connectivity index (χ4v) is 2.30. The minimum atomic E-state index is -0.247. The molecule has 2 aromatic rings. The van der Waals surface area contributed by atoms with Crippen molar-refractivity contribution in [1.29, 1.82) is 0 Å². The molecular weight excluding hydrogens is 302 g/mol. The van der Waals surface area contributed by atoms with Crippen LogP contribution in [0.3, 0.4) is 0 Å². The number of rotatable bonds is 9. The first-order valence-corrected chi connectivity index (χ1v) is 8.20. The van der Waals surface area contributed by atoms with Crippen LogP contribution in [0.25, 0.3) is 0 Å². The Labute approximate surface area is 144 Å². The summed E-state index contributed by atoms with van der Waals surface area (Å²) in [5, 5.41) is 0. The summed E-state index contributed by atoms with van der Waals surface area (Å²) in [6, 6.07) is 17.3. The molecule has 0 radical (unpaired) electrons. The first-order chi connectivity index (χ1) is 11.6. The summed E-state index contributed by atoms with van der Waals surface area (Å²) in [6.07, 6.45) is 1.16. The summed E-state index contributed by atoms with van der Waals surface area (Å²) in [6.45, 7) is 1.90. The average Bonchev–Trinajstić information content (AvgIpc) is 2.59. The number of esters is 1. The molecule has 2 rings (SSSR count). The topological polar surface area (TPSA) is 38.8 Å². The van der Waals surface area contributed by atoms with Gasteiger partial charge in [-0.05, 0) is 32.1 Å². The van der Waals surface area contributed by atoms with Crippen LogP contribution in [-0.2, 0) is 22.6 Å². The molecule has 0 unspecified atom stereocenters. The highest BCUT2D eigenvalue weighted by atomic mass is 16.5. The van der Waals surface area contributed by atoms with E-state index in [2.05, 4.69) is 4.90 Å². The second-order valence-corrected chi connectivity index (χ2v) is 5.94. The second-order valence-electron chi connectivity index (χ2n) is 5.94. The Hall–Kier alpha value is -2.33. The van der Waals surface area contributed by atoms with Crippen molar-refractivity contribution in [2.75, 3.05) is 27.2 Å². The zero-order valence-electron chi connectivity index (χ0n) is 14.4. The molecule has 0 amide bonds. The third-order valence-electron chi connectivity index (χ3n) is 3.56. The predicted molar refractivity (Wildman–Crippen MR) is 95.1 cm³/mol. The lowest BCUT2D eigenvalue weighted by Gasteiger charge is -2.13. The summed E-state index contributed by atoms with van der Waals surface area (Å²) in [4.78, 5) is 14.2. The van der Waals surface area contributed by atoms with E-state index >= 15 is 0 Å². The second kappa shape index (κ2) is 9.73. The third kappa shape index (κ3) is 6.42. The van der Waals surface area contributed by atoms with Crippen molar-refractivity contribution in [2.24, 2.45) is 0 Å². The van der Waals surface area contributed by atoms with Gasteiger partial charge >= 0.3 is 5.97 Å². The molecule has 0 N–H and O–H groups in total. The molecule has 0 spiro atoms. The zero-order valence-corrected chi connectivity index (χ0v) is 14.4. The first-order valence-electron chi connectivity index (χ1n) is 8.20. The Kier molecular flexibility index (Phi) is 7.30. The van der Waals surface area contributed by atoms with E-state index in [1.54, 1.807) is 0 Å². The molecule has 0 saturated heterocycles. The maximum Gasteiger partial charge on any atom is 0.310 e. The van der Waals surface area contributed by atoms with Gasteiger partial charge in [-0.2, -0.15) is 0 Å². The van der Waals surface area contributed by atoms with Gasteiger partial charge in [0, 0.05) is 12.1 Å². The van der Waals surface area contributed by atoms with Crippen LogP contribution < -0.4 is 4.74 Å². The highest BCUT2D eigenvalue weighted by Crippen LogP contribution is 2.19. The Bertz CT molecular complexity index is 626. The van der Waals surface area contributed by atoms with Crippen LogP contribution in [0.15, 0.2) is 54.6 Å². The number of carbonyl (C=O) groups excluding carboxylic acids is 1. The molecule has 0 fully saturated rings. The summed E-state index contributed by atoms with van der Waals surface area (Å²) in [7, 11) is 4.08. The standard InChI is InChI=1S/C20H25NO3/c1-21(2)13-8-14-23-19-12-7-6-11-18(19)15-20(22)24-16-17-9-4-3-5-10-17/h3-7,9-12H,8,13-16H2,1-2H3. The molecule has 0 heterocycles. The minimum Gasteiger partial charge on any atom is -0.493 e. The molecule has 0 aliphatic heterocycles. The summed E-state index contributed by atoms with van der Waals surface area (Å²) in [5.41, 5.74) is 1.85. The number of nitrogens with zero attached hydrogens (tertiary/aromatic N) is 1. The van der Waals surface area contributed by atoms with Crippen LogP contribution in [0.1, 0.15) is 17.5 Å². The van der Waals surface area contributed by atoms with E-state index in [0.717, 1.165) is 29.8 Å². The van der Waals surface area contributed by atoms with Gasteiger partial charge in [-0.25, -0.2) is 0 Å². The molecule has 4 nitrogen and oxygen atoms in total. The van der Waals surface area contributed by atoms with Crippen molar-refractivity contribution in [3.63, 3.8) is 0 Å². The average molecular weight is 327 g/mol. The number of hydrogen-bond acceptors (Lipinski definition) is 4. The molecule has 128 valence electrons. The van der Waals surface area contributed by atoms with E-state index < -0.39 is 0 Å². The van der Waals surface area contributed by atoms with Gasteiger partial charge in [0.1, 0.15) is 12.4 Å². The smallest absolute Gasteiger partial charge is 0.310 e. The summed E-state index contributed by atoms with van der Waals surface area (Å²) in [5.74, 6) is 0.510. The Morgan fingerprint density at radius 2 is 1.71 bits per heavy atom. The lowest BCUT2D eigenvalue weighted by Crippen LogP contribution is -2.16. The van der Waals surface area contributed by atoms with Crippen molar-refractivity contribution < 1.29 is 14.3 Å². The van der Waals surface area contributed by atoms with Gasteiger partial charge < -0.3 is 14.4 Å². The van der Waals surface area contributed by atoms with E-state index in [1.807, 2.05) is 68.7 Å². The van der Waals surface area contributed by atoms with Gasteiger partial charge in [-0.1, -0.05) is 48.5 Å². The van der Waals surface area contributed by atoms with Gasteiger partial charge in [0.15, 0.2) is 0 Å². The van der Waals surface area contributed by atoms with E-state index in [-0.39, 0.29) is 12.4 Å². The van der Waals surface area contributed by atoms with Gasteiger partial charge in [-0.15, -0.1) is 0 Å². The van der Waals surface area contributed by atoms with Gasteiger partial charge in [-0.3, -0.25) is 4.79 Å². The maximum atomic E-state index is 12.1. The van der Waals surface area contributed by atoms with E-state index in [0.29, 0.717) is 13.2 Å². The summed E-state index contributed by atoms with van der Waals surface area (Å²) >= 11 is 0. The SMILES string of the molecule is CN(C)CCCOc1ccccc1CC(=O)OCc1ccccc1. The van der Waals surface area contributed by atoms with Crippen molar-refractivity contribution in [2.45, 2.75) is 19.4 Å². The molecular formula is C20H25NO3. The van der Waals surface area contributed by atoms with Crippen molar-refractivity contribution >= 4 is 5.97 Å². The lowest BCUT2D eigenvalue weighted by molar-refractivity contribution is -0.144. The summed E-state index contributed by atoms with van der Waals surface area (Å²) < 4.78 is 11.2. The van der Waals surface area contributed by atoms with E-state index in [9.17, 15) is 4.79 Å². The van der Waals surface area contributed by atoms with Crippen molar-refractivity contribution in [1.82, 2.24) is 4.90 Å². The van der Waals surface area contributed by atoms with Crippen LogP contribution in [0.4, 0.5) is 0 Å². The van der Waals surface area contributed by atoms with E-state index in [4.69, 9.17) is 9.47 Å². The molecule has 0 bridgehead atoms. The molecule has 0 aromatic heterocycles. The van der Waals surface area contributed by atoms with Gasteiger partial charge in [0.2, 0.25) is 0 Å². The lowest BCUT2D eigenvalue weighted by atomic mass is 10.1. The largest absolute Gasteiger partial charge is 0.493 e. The molecule has 24 heavy (non-hydrogen) atoms. The van der Waals surface area contributed by atoms with Crippen LogP contribution in [0.2, 0.25) is 0 Å². The van der Waals surface area contributed by atoms with Crippen molar-refractivity contribution in [3.05, 3.63) is 65.7 Å².